The van der Waals surface area contributed by atoms with Crippen LogP contribution in [0.25, 0.3) is 0 Å². The van der Waals surface area contributed by atoms with Crippen LogP contribution in [0.5, 0.6) is 0 Å². The molecule has 2 N–H and O–H groups in total. The van der Waals surface area contributed by atoms with E-state index in [-0.39, 0.29) is 18.9 Å². The van der Waals surface area contributed by atoms with Crippen molar-refractivity contribution in [3.8, 4) is 0 Å². The normalized spacial score (nSPS) is 7.89. The predicted octanol–water partition coefficient (Wildman–Crippen LogP) is -2.65. The van der Waals surface area contributed by atoms with E-state index in [0.29, 0.717) is 0 Å². The van der Waals surface area contributed by atoms with Crippen LogP contribution in [-0.4, -0.2) is 17.5 Å². The second-order valence-corrected chi connectivity index (χ2v) is 1.68. The summed E-state index contributed by atoms with van der Waals surface area (Å²) in [6.45, 7) is 6.50. The Balaban J connectivity index is -0.0000000800. The van der Waals surface area contributed by atoms with Crippen LogP contribution in [0.3, 0.4) is 0 Å². The molecular formula is C3H7LiO4S. The molecule has 0 rings (SSSR count). The van der Waals surface area contributed by atoms with Gasteiger partial charge in [0.1, 0.15) is 0 Å². The molecule has 0 aliphatic rings. The Hall–Kier alpha value is 0.207. The molecule has 0 saturated heterocycles. The van der Waals surface area contributed by atoms with Gasteiger partial charge in [0.05, 0.1) is 0 Å². The molecule has 50 valence electrons. The molecule has 0 radical (unpaired) electrons. The average molecular weight is 146 g/mol. The van der Waals surface area contributed by atoms with Crippen molar-refractivity contribution in [3.63, 3.8) is 0 Å². The minimum Gasteiger partial charge on any atom is -0.518 e. The Kier molecular flexibility index (Phi) is 14.7. The van der Waals surface area contributed by atoms with Crippen LogP contribution in [-0.2, 0) is 10.4 Å². The van der Waals surface area contributed by atoms with Gasteiger partial charge in [-0.3, -0.25) is 15.2 Å². The first-order valence-corrected chi connectivity index (χ1v) is 3.01. The van der Waals surface area contributed by atoms with Crippen molar-refractivity contribution >= 4 is 10.4 Å². The Bertz CT molecular complexity index is 130. The maximum absolute atomic E-state index is 8.74. The van der Waals surface area contributed by atoms with Crippen molar-refractivity contribution in [1.29, 1.82) is 0 Å². The van der Waals surface area contributed by atoms with Crippen molar-refractivity contribution < 1.29 is 36.4 Å². The summed E-state index contributed by atoms with van der Waals surface area (Å²) in [6.07, 6.45) is 1.50. The van der Waals surface area contributed by atoms with Crippen LogP contribution in [0.2, 0.25) is 0 Å². The Morgan fingerprint density at radius 3 is 1.44 bits per heavy atom. The molecule has 6 heteroatoms. The van der Waals surface area contributed by atoms with Gasteiger partial charge in [-0.2, -0.15) is 8.42 Å². The third-order valence-electron chi connectivity index (χ3n) is 0. The van der Waals surface area contributed by atoms with Crippen molar-refractivity contribution in [1.82, 2.24) is 0 Å². The quantitative estimate of drug-likeness (QED) is 0.222. The zero-order valence-corrected chi connectivity index (χ0v) is 6.09. The summed E-state index contributed by atoms with van der Waals surface area (Å²) in [6, 6.07) is 0. The van der Waals surface area contributed by atoms with Crippen molar-refractivity contribution in [2.75, 3.05) is 0 Å². The number of hydrogen-bond acceptors (Lipinski definition) is 2. The molecule has 0 aromatic carbocycles. The van der Waals surface area contributed by atoms with Gasteiger partial charge >= 0.3 is 29.3 Å². The Morgan fingerprint density at radius 2 is 1.44 bits per heavy atom. The number of allylic oxidation sites excluding steroid dienone is 1. The van der Waals surface area contributed by atoms with Gasteiger partial charge in [-0.15, -0.1) is 0 Å². The minimum atomic E-state index is -4.67. The molecule has 0 fully saturated rings. The maximum atomic E-state index is 8.74. The monoisotopic (exact) mass is 146 g/mol. The van der Waals surface area contributed by atoms with Gasteiger partial charge in [0.25, 0.3) is 0 Å². The zero-order chi connectivity index (χ0) is 7.21. The van der Waals surface area contributed by atoms with Gasteiger partial charge < -0.3 is 6.58 Å². The van der Waals surface area contributed by atoms with Gasteiger partial charge in [0, 0.05) is 0 Å². The van der Waals surface area contributed by atoms with Crippen LogP contribution in [0.1, 0.15) is 6.92 Å². The summed E-state index contributed by atoms with van der Waals surface area (Å²) in [7, 11) is -4.67. The summed E-state index contributed by atoms with van der Waals surface area (Å²) in [4.78, 5) is 0. The summed E-state index contributed by atoms with van der Waals surface area (Å²) in [5, 5.41) is 0. The first-order valence-electron chi connectivity index (χ1n) is 1.61. The molecule has 0 saturated carbocycles. The third kappa shape index (κ3) is 7350. The SMILES string of the molecule is O=S(=O)(O)O.[CH-]=CC.[Li+]. The fourth-order valence-electron chi connectivity index (χ4n) is 0. The third-order valence-corrected chi connectivity index (χ3v) is 0. The largest absolute Gasteiger partial charge is 1.00 e. The zero-order valence-electron chi connectivity index (χ0n) is 5.27. The second-order valence-electron chi connectivity index (χ2n) is 0.781. The topological polar surface area (TPSA) is 74.6 Å². The van der Waals surface area contributed by atoms with E-state index in [1.165, 1.54) is 6.08 Å². The van der Waals surface area contributed by atoms with E-state index in [9.17, 15) is 0 Å². The van der Waals surface area contributed by atoms with E-state index in [1.54, 1.807) is 6.92 Å². The molecule has 0 bridgehead atoms. The molecule has 0 aromatic heterocycles. The van der Waals surface area contributed by atoms with Crippen LogP contribution >= 0.6 is 0 Å². The Morgan fingerprint density at radius 1 is 1.44 bits per heavy atom. The first kappa shape index (κ1) is 16.1. The minimum absolute atomic E-state index is 0. The molecule has 0 unspecified atom stereocenters. The van der Waals surface area contributed by atoms with Gasteiger partial charge in [-0.05, 0) is 0 Å². The van der Waals surface area contributed by atoms with E-state index in [4.69, 9.17) is 24.1 Å². The van der Waals surface area contributed by atoms with Crippen LogP contribution in [0, 0.1) is 6.58 Å². The molecule has 0 amide bonds. The van der Waals surface area contributed by atoms with Crippen LogP contribution < -0.4 is 18.9 Å². The summed E-state index contributed by atoms with van der Waals surface area (Å²) in [5.74, 6) is 0. The van der Waals surface area contributed by atoms with Gasteiger partial charge in [0.2, 0.25) is 0 Å². The number of rotatable bonds is 0. The second kappa shape index (κ2) is 8.21. The van der Waals surface area contributed by atoms with E-state index >= 15 is 0 Å². The fourth-order valence-corrected chi connectivity index (χ4v) is 0. The molecule has 9 heavy (non-hydrogen) atoms. The molecule has 4 nitrogen and oxygen atoms in total. The van der Waals surface area contributed by atoms with E-state index in [1.807, 2.05) is 0 Å². The van der Waals surface area contributed by atoms with Gasteiger partial charge in [-0.1, -0.05) is 6.92 Å². The summed E-state index contributed by atoms with van der Waals surface area (Å²) >= 11 is 0. The van der Waals surface area contributed by atoms with E-state index < -0.39 is 10.4 Å². The standard InChI is InChI=1S/C3H5.Li.H2O4S/c1-3-2;;1-5(2,3)4/h1,3H,2H3;;(H2,1,2,3,4)/q-1;+1;. The smallest absolute Gasteiger partial charge is 0.518 e. The molecule has 0 heterocycles. The molecular weight excluding hydrogens is 139 g/mol. The number of hydrogen-bond donors (Lipinski definition) is 2. The Labute approximate surface area is 66.7 Å². The van der Waals surface area contributed by atoms with Crippen LogP contribution in [0.15, 0.2) is 6.08 Å². The predicted molar refractivity (Wildman–Crippen MR) is 28.7 cm³/mol. The fraction of sp³-hybridized carbons (Fsp3) is 0.333. The maximum Gasteiger partial charge on any atom is 1.00 e. The summed E-state index contributed by atoms with van der Waals surface area (Å²) in [5.41, 5.74) is 0. The van der Waals surface area contributed by atoms with Crippen LogP contribution in [0.4, 0.5) is 0 Å². The molecule has 0 aliphatic carbocycles. The molecule has 0 spiro atoms. The summed E-state index contributed by atoms with van der Waals surface area (Å²) < 4.78 is 31.6. The average Bonchev–Trinajstić information content (AvgIpc) is 1.27. The van der Waals surface area contributed by atoms with Gasteiger partial charge in [-0.25, -0.2) is 0 Å². The molecule has 0 atom stereocenters. The van der Waals surface area contributed by atoms with Gasteiger partial charge in [0.15, 0.2) is 0 Å². The van der Waals surface area contributed by atoms with E-state index in [2.05, 4.69) is 0 Å². The van der Waals surface area contributed by atoms with Crippen molar-refractivity contribution in [2.45, 2.75) is 6.92 Å². The molecule has 0 aromatic rings. The van der Waals surface area contributed by atoms with Crippen molar-refractivity contribution in [3.05, 3.63) is 12.7 Å². The molecule has 0 aliphatic heterocycles. The van der Waals surface area contributed by atoms with Crippen molar-refractivity contribution in [2.24, 2.45) is 0 Å². The first-order chi connectivity index (χ1) is 3.41. The van der Waals surface area contributed by atoms with E-state index in [0.717, 1.165) is 0 Å².